The summed E-state index contributed by atoms with van der Waals surface area (Å²) in [5, 5.41) is 2.90. The number of ether oxygens (including phenoxy) is 2. The largest absolute Gasteiger partial charge is 0.497 e. The van der Waals surface area contributed by atoms with Crippen molar-refractivity contribution in [2.75, 3.05) is 14.2 Å². The maximum atomic E-state index is 12.1. The zero-order valence-electron chi connectivity index (χ0n) is 12.5. The van der Waals surface area contributed by atoms with Gasteiger partial charge in [0.15, 0.2) is 0 Å². The molecule has 21 heavy (non-hydrogen) atoms. The average Bonchev–Trinajstić information content (AvgIpc) is 2.52. The Morgan fingerprint density at radius 1 is 1.10 bits per heavy atom. The lowest BCUT2D eigenvalue weighted by atomic mass is 10.1. The van der Waals surface area contributed by atoms with Gasteiger partial charge in [0.25, 0.3) is 5.91 Å². The molecular weight excluding hydrogens is 266 g/mol. The number of rotatable bonds is 5. The van der Waals surface area contributed by atoms with Gasteiger partial charge in [-0.3, -0.25) is 4.79 Å². The van der Waals surface area contributed by atoms with Gasteiger partial charge in [-0.1, -0.05) is 18.2 Å². The third-order valence-electron chi connectivity index (χ3n) is 3.24. The first-order valence-electron chi connectivity index (χ1n) is 6.70. The van der Waals surface area contributed by atoms with E-state index < -0.39 is 0 Å². The van der Waals surface area contributed by atoms with E-state index in [0.29, 0.717) is 17.9 Å². The summed E-state index contributed by atoms with van der Waals surface area (Å²) >= 11 is 0. The van der Waals surface area contributed by atoms with Crippen LogP contribution in [0.4, 0.5) is 0 Å². The number of hydrogen-bond donors (Lipinski definition) is 1. The summed E-state index contributed by atoms with van der Waals surface area (Å²) in [5.74, 6) is 1.39. The number of carbonyl (C=O) groups is 1. The van der Waals surface area contributed by atoms with Gasteiger partial charge in [0.05, 0.1) is 14.2 Å². The van der Waals surface area contributed by atoms with Gasteiger partial charge in [-0.15, -0.1) is 0 Å². The van der Waals surface area contributed by atoms with E-state index >= 15 is 0 Å². The predicted molar refractivity (Wildman–Crippen MR) is 81.9 cm³/mol. The molecule has 0 atom stereocenters. The molecule has 0 unspecified atom stereocenters. The molecule has 4 nitrogen and oxygen atoms in total. The van der Waals surface area contributed by atoms with Crippen molar-refractivity contribution in [3.05, 3.63) is 59.2 Å². The second-order valence-electron chi connectivity index (χ2n) is 4.72. The Bertz CT molecular complexity index is 638. The molecule has 0 saturated heterocycles. The molecule has 4 heteroatoms. The van der Waals surface area contributed by atoms with E-state index in [1.807, 2.05) is 31.2 Å². The molecule has 1 N–H and O–H groups in total. The summed E-state index contributed by atoms with van der Waals surface area (Å²) < 4.78 is 10.3. The van der Waals surface area contributed by atoms with Crippen molar-refractivity contribution in [3.8, 4) is 11.5 Å². The maximum Gasteiger partial charge on any atom is 0.251 e. The van der Waals surface area contributed by atoms with Crippen molar-refractivity contribution in [1.29, 1.82) is 0 Å². The molecule has 1 amide bonds. The first-order chi connectivity index (χ1) is 10.1. The molecule has 110 valence electrons. The highest BCUT2D eigenvalue weighted by Crippen LogP contribution is 2.18. The van der Waals surface area contributed by atoms with Gasteiger partial charge in [-0.2, -0.15) is 0 Å². The molecule has 0 aliphatic heterocycles. The lowest BCUT2D eigenvalue weighted by Crippen LogP contribution is -2.22. The second-order valence-corrected chi connectivity index (χ2v) is 4.72. The minimum atomic E-state index is -0.123. The average molecular weight is 285 g/mol. The second kappa shape index (κ2) is 6.79. The SMILES string of the molecule is COc1cccc(C(=O)NCc2ccc(OC)c(C)c2)c1. The van der Waals surface area contributed by atoms with E-state index in [1.54, 1.807) is 32.4 Å². The van der Waals surface area contributed by atoms with E-state index in [-0.39, 0.29) is 5.91 Å². The zero-order valence-corrected chi connectivity index (χ0v) is 12.5. The van der Waals surface area contributed by atoms with Crippen LogP contribution in [-0.2, 0) is 6.54 Å². The first kappa shape index (κ1) is 14.9. The number of methoxy groups -OCH3 is 2. The van der Waals surface area contributed by atoms with E-state index in [1.165, 1.54) is 0 Å². The highest BCUT2D eigenvalue weighted by Gasteiger charge is 2.07. The van der Waals surface area contributed by atoms with Gasteiger partial charge in [0.1, 0.15) is 11.5 Å². The van der Waals surface area contributed by atoms with Crippen LogP contribution in [0.3, 0.4) is 0 Å². The molecule has 0 aliphatic carbocycles. The first-order valence-corrected chi connectivity index (χ1v) is 6.70. The Morgan fingerprint density at radius 2 is 1.90 bits per heavy atom. The van der Waals surface area contributed by atoms with Crippen molar-refractivity contribution in [3.63, 3.8) is 0 Å². The van der Waals surface area contributed by atoms with Crippen molar-refractivity contribution in [2.24, 2.45) is 0 Å². The van der Waals surface area contributed by atoms with Crippen molar-refractivity contribution >= 4 is 5.91 Å². The molecule has 2 aromatic rings. The van der Waals surface area contributed by atoms with Crippen molar-refractivity contribution in [2.45, 2.75) is 13.5 Å². The molecule has 0 bridgehead atoms. The quantitative estimate of drug-likeness (QED) is 0.918. The summed E-state index contributed by atoms with van der Waals surface area (Å²) in [6.07, 6.45) is 0. The molecule has 0 aromatic heterocycles. The van der Waals surface area contributed by atoms with E-state index in [9.17, 15) is 4.79 Å². The van der Waals surface area contributed by atoms with Crippen LogP contribution >= 0.6 is 0 Å². The van der Waals surface area contributed by atoms with Crippen molar-refractivity contribution in [1.82, 2.24) is 5.32 Å². The van der Waals surface area contributed by atoms with Gasteiger partial charge < -0.3 is 14.8 Å². The van der Waals surface area contributed by atoms with Crippen LogP contribution in [0.5, 0.6) is 11.5 Å². The summed E-state index contributed by atoms with van der Waals surface area (Å²) in [6.45, 7) is 2.45. The molecule has 2 rings (SSSR count). The molecule has 0 heterocycles. The number of carbonyl (C=O) groups excluding carboxylic acids is 1. The smallest absolute Gasteiger partial charge is 0.251 e. The van der Waals surface area contributed by atoms with Gasteiger partial charge in [-0.05, 0) is 42.3 Å². The van der Waals surface area contributed by atoms with Crippen molar-refractivity contribution < 1.29 is 14.3 Å². The minimum absolute atomic E-state index is 0.123. The molecule has 0 aliphatic rings. The molecular formula is C17H19NO3. The fourth-order valence-electron chi connectivity index (χ4n) is 2.10. The Balaban J connectivity index is 2.02. The molecule has 0 spiro atoms. The lowest BCUT2D eigenvalue weighted by Gasteiger charge is -2.09. The van der Waals surface area contributed by atoms with Crippen LogP contribution in [-0.4, -0.2) is 20.1 Å². The maximum absolute atomic E-state index is 12.1. The number of amides is 1. The van der Waals surface area contributed by atoms with E-state index in [2.05, 4.69) is 5.32 Å². The van der Waals surface area contributed by atoms with Gasteiger partial charge >= 0.3 is 0 Å². The lowest BCUT2D eigenvalue weighted by molar-refractivity contribution is 0.0950. The van der Waals surface area contributed by atoms with Crippen LogP contribution in [0, 0.1) is 6.92 Å². The summed E-state index contributed by atoms with van der Waals surface area (Å²) in [7, 11) is 3.23. The number of hydrogen-bond acceptors (Lipinski definition) is 3. The third-order valence-corrected chi connectivity index (χ3v) is 3.24. The van der Waals surface area contributed by atoms with Crippen LogP contribution in [0.25, 0.3) is 0 Å². The van der Waals surface area contributed by atoms with Gasteiger partial charge in [0.2, 0.25) is 0 Å². The topological polar surface area (TPSA) is 47.6 Å². The minimum Gasteiger partial charge on any atom is -0.497 e. The molecule has 0 saturated carbocycles. The van der Waals surface area contributed by atoms with Crippen LogP contribution in [0.2, 0.25) is 0 Å². The Kier molecular flexibility index (Phi) is 4.82. The molecule has 2 aromatic carbocycles. The fourth-order valence-corrected chi connectivity index (χ4v) is 2.10. The Morgan fingerprint density at radius 3 is 2.57 bits per heavy atom. The number of aryl methyl sites for hydroxylation is 1. The van der Waals surface area contributed by atoms with Gasteiger partial charge in [0, 0.05) is 12.1 Å². The fraction of sp³-hybridized carbons (Fsp3) is 0.235. The summed E-state index contributed by atoms with van der Waals surface area (Å²) in [6, 6.07) is 12.9. The number of benzene rings is 2. The van der Waals surface area contributed by atoms with E-state index in [0.717, 1.165) is 16.9 Å². The van der Waals surface area contributed by atoms with E-state index in [4.69, 9.17) is 9.47 Å². The predicted octanol–water partition coefficient (Wildman–Crippen LogP) is 2.94. The summed E-state index contributed by atoms with van der Waals surface area (Å²) in [4.78, 5) is 12.1. The Labute approximate surface area is 124 Å². The summed E-state index contributed by atoms with van der Waals surface area (Å²) in [5.41, 5.74) is 2.66. The monoisotopic (exact) mass is 285 g/mol. The molecule has 0 radical (unpaired) electrons. The van der Waals surface area contributed by atoms with Crippen LogP contribution in [0.1, 0.15) is 21.5 Å². The van der Waals surface area contributed by atoms with Crippen LogP contribution < -0.4 is 14.8 Å². The zero-order chi connectivity index (χ0) is 15.2. The highest BCUT2D eigenvalue weighted by atomic mass is 16.5. The highest BCUT2D eigenvalue weighted by molar-refractivity contribution is 5.94. The normalized spacial score (nSPS) is 10.0. The third kappa shape index (κ3) is 3.75. The molecule has 0 fully saturated rings. The van der Waals surface area contributed by atoms with Crippen LogP contribution in [0.15, 0.2) is 42.5 Å². The number of nitrogens with one attached hydrogen (secondary N) is 1. The Hall–Kier alpha value is -2.49. The standard InChI is InChI=1S/C17H19NO3/c1-12-9-13(7-8-16(12)21-3)11-18-17(19)14-5-4-6-15(10-14)20-2/h4-10H,11H2,1-3H3,(H,18,19). The van der Waals surface area contributed by atoms with Gasteiger partial charge in [-0.25, -0.2) is 0 Å².